The maximum absolute atomic E-state index is 6.10. The highest BCUT2D eigenvalue weighted by atomic mass is 35.5. The van der Waals surface area contributed by atoms with Crippen LogP contribution < -0.4 is 10.1 Å². The maximum Gasteiger partial charge on any atom is 0.138 e. The van der Waals surface area contributed by atoms with Crippen molar-refractivity contribution in [2.75, 3.05) is 12.4 Å². The summed E-state index contributed by atoms with van der Waals surface area (Å²) in [4.78, 5) is 4.59. The second-order valence-corrected chi connectivity index (χ2v) is 4.83. The first-order valence-corrected chi connectivity index (χ1v) is 5.99. The highest BCUT2D eigenvalue weighted by Gasteiger charge is 2.19. The van der Waals surface area contributed by atoms with E-state index in [1.54, 1.807) is 7.11 Å². The van der Waals surface area contributed by atoms with E-state index in [4.69, 9.17) is 16.3 Å². The standard InChI is InChI=1S/C13H13ClN2O/c1-7-3-9-4-8-5-12(17-2)10(14)6-11(8)16-13(9)15-7/h4-7H,3H2,1-2H3,(H,15,16). The fraction of sp³-hybridized carbons (Fsp3) is 0.308. The summed E-state index contributed by atoms with van der Waals surface area (Å²) in [6, 6.07) is 6.40. The molecule has 0 spiro atoms. The van der Waals surface area contributed by atoms with E-state index in [0.717, 1.165) is 23.1 Å². The lowest BCUT2D eigenvalue weighted by Crippen LogP contribution is -2.08. The Morgan fingerprint density at radius 1 is 1.41 bits per heavy atom. The third-order valence-electron chi connectivity index (χ3n) is 3.08. The highest BCUT2D eigenvalue weighted by Crippen LogP contribution is 2.33. The molecule has 1 aromatic heterocycles. The number of methoxy groups -OCH3 is 1. The van der Waals surface area contributed by atoms with Gasteiger partial charge in [-0.2, -0.15) is 0 Å². The number of benzene rings is 1. The molecule has 0 amide bonds. The third kappa shape index (κ3) is 1.71. The summed E-state index contributed by atoms with van der Waals surface area (Å²) >= 11 is 6.10. The molecule has 4 heteroatoms. The first kappa shape index (κ1) is 10.7. The summed E-state index contributed by atoms with van der Waals surface area (Å²) < 4.78 is 5.22. The second kappa shape index (κ2) is 3.77. The van der Waals surface area contributed by atoms with Crippen LogP contribution in [0.1, 0.15) is 12.5 Å². The van der Waals surface area contributed by atoms with E-state index < -0.39 is 0 Å². The molecule has 1 aliphatic heterocycles. The fourth-order valence-corrected chi connectivity index (χ4v) is 2.51. The molecule has 0 fully saturated rings. The molecule has 1 aliphatic rings. The fourth-order valence-electron chi connectivity index (χ4n) is 2.27. The highest BCUT2D eigenvalue weighted by molar-refractivity contribution is 6.32. The Labute approximate surface area is 105 Å². The molecule has 1 atom stereocenters. The van der Waals surface area contributed by atoms with Crippen LogP contribution in [0.4, 0.5) is 5.82 Å². The van der Waals surface area contributed by atoms with Crippen LogP contribution in [0.3, 0.4) is 0 Å². The Hall–Kier alpha value is -1.48. The van der Waals surface area contributed by atoms with Crippen molar-refractivity contribution in [1.29, 1.82) is 0 Å². The van der Waals surface area contributed by atoms with Gasteiger partial charge < -0.3 is 10.1 Å². The van der Waals surface area contributed by atoms with Crippen LogP contribution in [-0.2, 0) is 6.42 Å². The smallest absolute Gasteiger partial charge is 0.138 e. The van der Waals surface area contributed by atoms with E-state index in [2.05, 4.69) is 23.3 Å². The molecule has 88 valence electrons. The predicted molar refractivity (Wildman–Crippen MR) is 70.1 cm³/mol. The Morgan fingerprint density at radius 2 is 2.24 bits per heavy atom. The number of ether oxygens (including phenoxy) is 1. The lowest BCUT2D eigenvalue weighted by molar-refractivity contribution is 0.415. The van der Waals surface area contributed by atoms with Gasteiger partial charge >= 0.3 is 0 Å². The van der Waals surface area contributed by atoms with E-state index in [0.29, 0.717) is 16.8 Å². The normalized spacial score (nSPS) is 17.9. The molecule has 17 heavy (non-hydrogen) atoms. The number of halogens is 1. The average Bonchev–Trinajstić information content (AvgIpc) is 2.64. The Balaban J connectivity index is 2.22. The van der Waals surface area contributed by atoms with Crippen LogP contribution >= 0.6 is 11.6 Å². The van der Waals surface area contributed by atoms with Gasteiger partial charge in [0.25, 0.3) is 0 Å². The first-order chi connectivity index (χ1) is 8.17. The number of hydrogen-bond acceptors (Lipinski definition) is 3. The van der Waals surface area contributed by atoms with Crippen LogP contribution in [0.2, 0.25) is 5.02 Å². The number of rotatable bonds is 1. The number of nitrogens with zero attached hydrogens (tertiary/aromatic N) is 1. The maximum atomic E-state index is 6.10. The van der Waals surface area contributed by atoms with Crippen LogP contribution in [-0.4, -0.2) is 18.1 Å². The van der Waals surface area contributed by atoms with Gasteiger partial charge in [0.05, 0.1) is 17.6 Å². The first-order valence-electron chi connectivity index (χ1n) is 5.61. The van der Waals surface area contributed by atoms with Gasteiger partial charge in [-0.3, -0.25) is 0 Å². The van der Waals surface area contributed by atoms with Gasteiger partial charge in [-0.1, -0.05) is 11.6 Å². The van der Waals surface area contributed by atoms with Crippen molar-refractivity contribution in [2.24, 2.45) is 0 Å². The Kier molecular flexibility index (Phi) is 2.37. The minimum atomic E-state index is 0.451. The van der Waals surface area contributed by atoms with E-state index >= 15 is 0 Å². The quantitative estimate of drug-likeness (QED) is 0.841. The SMILES string of the molecule is COc1cc2cc3c(nc2cc1Cl)NC(C)C3. The van der Waals surface area contributed by atoms with Gasteiger partial charge in [0, 0.05) is 11.4 Å². The van der Waals surface area contributed by atoms with Crippen LogP contribution in [0.5, 0.6) is 5.75 Å². The summed E-state index contributed by atoms with van der Waals surface area (Å²) in [5, 5.41) is 5.02. The van der Waals surface area contributed by atoms with E-state index in [9.17, 15) is 0 Å². The van der Waals surface area contributed by atoms with Crippen molar-refractivity contribution in [2.45, 2.75) is 19.4 Å². The molecule has 1 unspecified atom stereocenters. The van der Waals surface area contributed by atoms with Crippen LogP contribution in [0.15, 0.2) is 18.2 Å². The van der Waals surface area contributed by atoms with Crippen LogP contribution in [0.25, 0.3) is 10.9 Å². The number of nitrogens with one attached hydrogen (secondary N) is 1. The summed E-state index contributed by atoms with van der Waals surface area (Å²) in [5.41, 5.74) is 2.16. The number of fused-ring (bicyclic) bond motifs is 2. The molecule has 2 heterocycles. The van der Waals surface area contributed by atoms with Crippen molar-refractivity contribution in [1.82, 2.24) is 4.98 Å². The van der Waals surface area contributed by atoms with Gasteiger partial charge in [0.2, 0.25) is 0 Å². The van der Waals surface area contributed by atoms with E-state index in [1.165, 1.54) is 5.56 Å². The minimum Gasteiger partial charge on any atom is -0.495 e. The largest absolute Gasteiger partial charge is 0.495 e. The van der Waals surface area contributed by atoms with Crippen molar-refractivity contribution in [3.05, 3.63) is 28.8 Å². The molecule has 0 aliphatic carbocycles. The summed E-state index contributed by atoms with van der Waals surface area (Å²) in [7, 11) is 1.62. The number of anilines is 1. The molecule has 1 aromatic carbocycles. The summed E-state index contributed by atoms with van der Waals surface area (Å²) in [6.07, 6.45) is 1.02. The molecule has 3 rings (SSSR count). The topological polar surface area (TPSA) is 34.1 Å². The van der Waals surface area contributed by atoms with Gasteiger partial charge in [0.15, 0.2) is 0 Å². The molecule has 1 N–H and O–H groups in total. The average molecular weight is 249 g/mol. The number of aromatic nitrogens is 1. The zero-order valence-electron chi connectivity index (χ0n) is 9.75. The third-order valence-corrected chi connectivity index (χ3v) is 3.37. The van der Waals surface area contributed by atoms with Gasteiger partial charge in [-0.05, 0) is 37.1 Å². The lowest BCUT2D eigenvalue weighted by Gasteiger charge is -2.07. The Morgan fingerprint density at radius 3 is 3.00 bits per heavy atom. The zero-order valence-corrected chi connectivity index (χ0v) is 10.5. The molecule has 3 nitrogen and oxygen atoms in total. The van der Waals surface area contributed by atoms with Crippen molar-refractivity contribution < 1.29 is 4.74 Å². The molecular formula is C13H13ClN2O. The summed E-state index contributed by atoms with van der Waals surface area (Å²) in [6.45, 7) is 2.15. The van der Waals surface area contributed by atoms with Gasteiger partial charge in [-0.15, -0.1) is 0 Å². The Bertz CT molecular complexity index is 597. The summed E-state index contributed by atoms with van der Waals surface area (Å²) in [5.74, 6) is 1.67. The number of hydrogen-bond donors (Lipinski definition) is 1. The monoisotopic (exact) mass is 248 g/mol. The van der Waals surface area contributed by atoms with E-state index in [1.807, 2.05) is 12.1 Å². The van der Waals surface area contributed by atoms with Crippen molar-refractivity contribution >= 4 is 28.3 Å². The predicted octanol–water partition coefficient (Wildman–Crippen LogP) is 3.25. The van der Waals surface area contributed by atoms with E-state index in [-0.39, 0.29) is 0 Å². The molecule has 2 aromatic rings. The van der Waals surface area contributed by atoms with Crippen molar-refractivity contribution in [3.63, 3.8) is 0 Å². The molecule has 0 saturated carbocycles. The molecule has 0 bridgehead atoms. The van der Waals surface area contributed by atoms with Gasteiger partial charge in [-0.25, -0.2) is 4.98 Å². The zero-order chi connectivity index (χ0) is 12.0. The van der Waals surface area contributed by atoms with Crippen molar-refractivity contribution in [3.8, 4) is 5.75 Å². The molecular weight excluding hydrogens is 236 g/mol. The van der Waals surface area contributed by atoms with Crippen LogP contribution in [0, 0.1) is 0 Å². The van der Waals surface area contributed by atoms with Gasteiger partial charge in [0.1, 0.15) is 11.6 Å². The number of pyridine rings is 1. The molecule has 0 radical (unpaired) electrons. The second-order valence-electron chi connectivity index (χ2n) is 4.43. The lowest BCUT2D eigenvalue weighted by atomic mass is 10.1. The molecule has 0 saturated heterocycles. The minimum absolute atomic E-state index is 0.451.